The van der Waals surface area contributed by atoms with Crippen LogP contribution in [-0.2, 0) is 9.59 Å². The Balaban J connectivity index is 2.55. The molecule has 1 heterocycles. The number of carbonyl (C=O) groups is 2. The summed E-state index contributed by atoms with van der Waals surface area (Å²) in [5.74, 6) is 2.01. The molecule has 1 saturated heterocycles. The lowest BCUT2D eigenvalue weighted by Crippen LogP contribution is -2.53. The molecule has 4 nitrogen and oxygen atoms in total. The van der Waals surface area contributed by atoms with E-state index < -0.39 is 0 Å². The third-order valence-corrected chi connectivity index (χ3v) is 2.01. The van der Waals surface area contributed by atoms with Gasteiger partial charge in [-0.25, -0.2) is 0 Å². The molecule has 1 atom stereocenters. The largest absolute Gasteiger partial charge is 0.294 e. The van der Waals surface area contributed by atoms with E-state index in [1.165, 1.54) is 0 Å². The van der Waals surface area contributed by atoms with E-state index in [2.05, 4.69) is 11.2 Å². The SMILES string of the molecule is C#CCC(C)N1CC(=O)NC(=O)C1. The second-order valence-electron chi connectivity index (χ2n) is 3.13. The minimum atomic E-state index is -0.250. The van der Waals surface area contributed by atoms with Crippen molar-refractivity contribution in [1.82, 2.24) is 10.2 Å². The molecular formula is C9H12N2O2. The van der Waals surface area contributed by atoms with Crippen LogP contribution in [0.25, 0.3) is 0 Å². The van der Waals surface area contributed by atoms with Gasteiger partial charge in [-0.2, -0.15) is 0 Å². The van der Waals surface area contributed by atoms with Crippen molar-refractivity contribution >= 4 is 11.8 Å². The zero-order chi connectivity index (χ0) is 9.84. The second kappa shape index (κ2) is 4.06. The fraction of sp³-hybridized carbons (Fsp3) is 0.556. The molecule has 0 radical (unpaired) electrons. The van der Waals surface area contributed by atoms with E-state index >= 15 is 0 Å². The van der Waals surface area contributed by atoms with E-state index in [1.807, 2.05) is 6.92 Å². The van der Waals surface area contributed by atoms with Crippen LogP contribution in [0.5, 0.6) is 0 Å². The number of terminal acetylenes is 1. The van der Waals surface area contributed by atoms with Gasteiger partial charge in [-0.15, -0.1) is 12.3 Å². The topological polar surface area (TPSA) is 49.4 Å². The van der Waals surface area contributed by atoms with E-state index in [0.717, 1.165) is 0 Å². The maximum absolute atomic E-state index is 11.0. The highest BCUT2D eigenvalue weighted by atomic mass is 16.2. The van der Waals surface area contributed by atoms with Crippen molar-refractivity contribution in [1.29, 1.82) is 0 Å². The summed E-state index contributed by atoms with van der Waals surface area (Å²) in [6.07, 6.45) is 5.70. The predicted molar refractivity (Wildman–Crippen MR) is 47.6 cm³/mol. The molecule has 70 valence electrons. The molecule has 0 aromatic heterocycles. The van der Waals surface area contributed by atoms with Crippen LogP contribution in [0.1, 0.15) is 13.3 Å². The summed E-state index contributed by atoms with van der Waals surface area (Å²) >= 11 is 0. The van der Waals surface area contributed by atoms with Crippen LogP contribution in [0, 0.1) is 12.3 Å². The molecule has 13 heavy (non-hydrogen) atoms. The lowest BCUT2D eigenvalue weighted by atomic mass is 10.2. The van der Waals surface area contributed by atoms with Gasteiger partial charge in [0, 0.05) is 12.5 Å². The summed E-state index contributed by atoms with van der Waals surface area (Å²) < 4.78 is 0. The Bertz CT molecular complexity index is 251. The smallest absolute Gasteiger partial charge is 0.240 e. The first-order chi connectivity index (χ1) is 6.13. The summed E-state index contributed by atoms with van der Waals surface area (Å²) in [5, 5.41) is 2.24. The van der Waals surface area contributed by atoms with Gasteiger partial charge in [0.25, 0.3) is 0 Å². The maximum atomic E-state index is 11.0. The first-order valence-corrected chi connectivity index (χ1v) is 4.13. The summed E-state index contributed by atoms with van der Waals surface area (Å²) in [6.45, 7) is 2.43. The molecule has 1 aliphatic rings. The molecule has 0 aromatic rings. The van der Waals surface area contributed by atoms with Crippen molar-refractivity contribution in [3.8, 4) is 12.3 Å². The Morgan fingerprint density at radius 1 is 1.54 bits per heavy atom. The minimum Gasteiger partial charge on any atom is -0.294 e. The highest BCUT2D eigenvalue weighted by Gasteiger charge is 2.25. The Kier molecular flexibility index (Phi) is 3.04. The number of nitrogens with one attached hydrogen (secondary N) is 1. The molecule has 0 bridgehead atoms. The number of amides is 2. The third kappa shape index (κ3) is 2.56. The zero-order valence-corrected chi connectivity index (χ0v) is 7.54. The quantitative estimate of drug-likeness (QED) is 0.454. The van der Waals surface area contributed by atoms with Crippen LogP contribution >= 0.6 is 0 Å². The average molecular weight is 180 g/mol. The molecule has 1 N–H and O–H groups in total. The normalized spacial score (nSPS) is 20.6. The van der Waals surface area contributed by atoms with Crippen LogP contribution in [0.15, 0.2) is 0 Å². The highest BCUT2D eigenvalue weighted by molar-refractivity contribution is 5.99. The van der Waals surface area contributed by atoms with Crippen LogP contribution < -0.4 is 5.32 Å². The number of carbonyl (C=O) groups excluding carboxylic acids is 2. The van der Waals surface area contributed by atoms with Gasteiger partial charge < -0.3 is 0 Å². The molecule has 0 spiro atoms. The highest BCUT2D eigenvalue weighted by Crippen LogP contribution is 2.04. The second-order valence-corrected chi connectivity index (χ2v) is 3.13. The van der Waals surface area contributed by atoms with E-state index in [1.54, 1.807) is 4.90 Å². The molecule has 4 heteroatoms. The maximum Gasteiger partial charge on any atom is 0.240 e. The number of nitrogens with zero attached hydrogens (tertiary/aromatic N) is 1. The van der Waals surface area contributed by atoms with Gasteiger partial charge in [-0.05, 0) is 6.92 Å². The number of hydrogen-bond acceptors (Lipinski definition) is 3. The van der Waals surface area contributed by atoms with Gasteiger partial charge in [0.2, 0.25) is 11.8 Å². The first-order valence-electron chi connectivity index (χ1n) is 4.13. The molecule has 0 saturated carbocycles. The van der Waals surface area contributed by atoms with E-state index in [4.69, 9.17) is 6.42 Å². The molecule has 1 fully saturated rings. The fourth-order valence-corrected chi connectivity index (χ4v) is 1.27. The summed E-state index contributed by atoms with van der Waals surface area (Å²) in [7, 11) is 0. The molecule has 0 aliphatic carbocycles. The van der Waals surface area contributed by atoms with Crippen molar-refractivity contribution in [2.45, 2.75) is 19.4 Å². The Labute approximate surface area is 77.3 Å². The average Bonchev–Trinajstić information content (AvgIpc) is 2.03. The molecule has 2 amide bonds. The lowest BCUT2D eigenvalue weighted by molar-refractivity contribution is -0.136. The monoisotopic (exact) mass is 180 g/mol. The van der Waals surface area contributed by atoms with Gasteiger partial charge in [0.1, 0.15) is 0 Å². The molecular weight excluding hydrogens is 168 g/mol. The van der Waals surface area contributed by atoms with Crippen molar-refractivity contribution in [2.75, 3.05) is 13.1 Å². The van der Waals surface area contributed by atoms with Gasteiger partial charge in [0.05, 0.1) is 13.1 Å². The van der Waals surface area contributed by atoms with Crippen LogP contribution in [0.3, 0.4) is 0 Å². The minimum absolute atomic E-state index is 0.0833. The van der Waals surface area contributed by atoms with Gasteiger partial charge in [0.15, 0.2) is 0 Å². The van der Waals surface area contributed by atoms with Crippen molar-refractivity contribution in [3.05, 3.63) is 0 Å². The van der Waals surface area contributed by atoms with E-state index in [0.29, 0.717) is 6.42 Å². The third-order valence-electron chi connectivity index (χ3n) is 2.01. The Morgan fingerprint density at radius 2 is 2.08 bits per heavy atom. The number of rotatable bonds is 2. The van der Waals surface area contributed by atoms with Crippen LogP contribution in [0.2, 0.25) is 0 Å². The lowest BCUT2D eigenvalue weighted by Gasteiger charge is -2.29. The standard InChI is InChI=1S/C9H12N2O2/c1-3-4-7(2)11-5-8(12)10-9(13)6-11/h1,7H,4-6H2,2H3,(H,10,12,13). The zero-order valence-electron chi connectivity index (χ0n) is 7.54. The van der Waals surface area contributed by atoms with Gasteiger partial charge >= 0.3 is 0 Å². The molecule has 1 unspecified atom stereocenters. The van der Waals surface area contributed by atoms with Crippen molar-refractivity contribution in [2.24, 2.45) is 0 Å². The van der Waals surface area contributed by atoms with Gasteiger partial charge in [-0.1, -0.05) is 0 Å². The summed E-state index contributed by atoms with van der Waals surface area (Å²) in [5.41, 5.74) is 0. The Hall–Kier alpha value is -1.34. The fourth-order valence-electron chi connectivity index (χ4n) is 1.27. The predicted octanol–water partition coefficient (Wildman–Crippen LogP) is -0.643. The Morgan fingerprint density at radius 3 is 2.54 bits per heavy atom. The van der Waals surface area contributed by atoms with Crippen molar-refractivity contribution < 1.29 is 9.59 Å². The van der Waals surface area contributed by atoms with Gasteiger partial charge in [-0.3, -0.25) is 19.8 Å². The van der Waals surface area contributed by atoms with Crippen molar-refractivity contribution in [3.63, 3.8) is 0 Å². The van der Waals surface area contributed by atoms with Crippen LogP contribution in [0.4, 0.5) is 0 Å². The number of imide groups is 1. The summed E-state index contributed by atoms with van der Waals surface area (Å²) in [4.78, 5) is 23.7. The molecule has 1 rings (SSSR count). The summed E-state index contributed by atoms with van der Waals surface area (Å²) in [6, 6.07) is 0.0833. The molecule has 1 aliphatic heterocycles. The number of hydrogen-bond donors (Lipinski definition) is 1. The van der Waals surface area contributed by atoms with Crippen LogP contribution in [-0.4, -0.2) is 35.8 Å². The number of piperazine rings is 1. The van der Waals surface area contributed by atoms with E-state index in [-0.39, 0.29) is 30.9 Å². The molecule has 0 aromatic carbocycles. The first kappa shape index (κ1) is 9.75. The van der Waals surface area contributed by atoms with E-state index in [9.17, 15) is 9.59 Å².